The summed E-state index contributed by atoms with van der Waals surface area (Å²) in [5, 5.41) is 6.43. The van der Waals surface area contributed by atoms with E-state index in [4.69, 9.17) is 4.74 Å². The molecule has 2 aromatic heterocycles. The number of halogens is 2. The maximum Gasteiger partial charge on any atom is 0.333 e. The smallest absolute Gasteiger partial charge is 0.333 e. The van der Waals surface area contributed by atoms with Crippen LogP contribution in [0, 0.1) is 5.92 Å². The SMILES string of the molecule is CC(=O)OCC1CC2=C(c3cnn(C(F)F)c3)CN=C(c3nccs3)N2C1. The number of hydrogen-bond acceptors (Lipinski definition) is 7. The number of ether oxygens (including phenoxy) is 1. The van der Waals surface area contributed by atoms with Gasteiger partial charge in [0.25, 0.3) is 0 Å². The minimum atomic E-state index is -2.68. The summed E-state index contributed by atoms with van der Waals surface area (Å²) in [7, 11) is 0. The van der Waals surface area contributed by atoms with E-state index in [1.54, 1.807) is 6.20 Å². The van der Waals surface area contributed by atoms with Gasteiger partial charge in [-0.1, -0.05) is 0 Å². The molecule has 7 nitrogen and oxygen atoms in total. The Morgan fingerprint density at radius 3 is 3.00 bits per heavy atom. The number of esters is 1. The van der Waals surface area contributed by atoms with Gasteiger partial charge in [0.15, 0.2) is 10.8 Å². The van der Waals surface area contributed by atoms with E-state index in [9.17, 15) is 13.6 Å². The van der Waals surface area contributed by atoms with Crippen LogP contribution < -0.4 is 0 Å². The van der Waals surface area contributed by atoms with Crippen LogP contribution in [0.5, 0.6) is 0 Å². The molecule has 27 heavy (non-hydrogen) atoms. The van der Waals surface area contributed by atoms with Crippen molar-refractivity contribution >= 4 is 28.7 Å². The average molecular weight is 393 g/mol. The molecular weight excluding hydrogens is 376 g/mol. The van der Waals surface area contributed by atoms with Crippen molar-refractivity contribution in [2.24, 2.45) is 10.9 Å². The third-order valence-corrected chi connectivity index (χ3v) is 5.30. The topological polar surface area (TPSA) is 72.6 Å². The Balaban J connectivity index is 1.67. The van der Waals surface area contributed by atoms with Crippen LogP contribution >= 0.6 is 11.3 Å². The molecule has 0 spiro atoms. The highest BCUT2D eigenvalue weighted by atomic mass is 32.1. The Hall–Kier alpha value is -2.62. The van der Waals surface area contributed by atoms with E-state index < -0.39 is 6.55 Å². The number of rotatable bonds is 5. The van der Waals surface area contributed by atoms with Crippen LogP contribution in [0.1, 0.15) is 30.5 Å². The van der Waals surface area contributed by atoms with Crippen molar-refractivity contribution in [1.29, 1.82) is 0 Å². The number of alkyl halides is 2. The number of nitrogens with zero attached hydrogens (tertiary/aromatic N) is 5. The van der Waals surface area contributed by atoms with Crippen LogP contribution in [0.25, 0.3) is 5.57 Å². The van der Waals surface area contributed by atoms with Gasteiger partial charge in [0.05, 0.1) is 19.3 Å². The van der Waals surface area contributed by atoms with Crippen molar-refractivity contribution < 1.29 is 18.3 Å². The molecule has 142 valence electrons. The molecule has 1 fully saturated rings. The zero-order valence-electron chi connectivity index (χ0n) is 14.5. The van der Waals surface area contributed by atoms with E-state index >= 15 is 0 Å². The van der Waals surface area contributed by atoms with Crippen LogP contribution in [0.3, 0.4) is 0 Å². The maximum absolute atomic E-state index is 12.9. The molecule has 4 heterocycles. The number of aromatic nitrogens is 3. The van der Waals surface area contributed by atoms with E-state index in [1.165, 1.54) is 30.7 Å². The second kappa shape index (κ2) is 7.18. The van der Waals surface area contributed by atoms with Crippen molar-refractivity contribution in [3.05, 3.63) is 40.2 Å². The molecule has 1 atom stereocenters. The minimum absolute atomic E-state index is 0.104. The Bertz CT molecular complexity index is 906. The largest absolute Gasteiger partial charge is 0.465 e. The third-order valence-electron chi connectivity index (χ3n) is 4.54. The third kappa shape index (κ3) is 3.48. The van der Waals surface area contributed by atoms with E-state index in [0.717, 1.165) is 22.1 Å². The van der Waals surface area contributed by atoms with Crippen LogP contribution in [-0.2, 0) is 9.53 Å². The van der Waals surface area contributed by atoms with Crippen molar-refractivity contribution in [2.45, 2.75) is 19.9 Å². The van der Waals surface area contributed by atoms with Crippen molar-refractivity contribution in [3.8, 4) is 0 Å². The van der Waals surface area contributed by atoms with Gasteiger partial charge in [-0.3, -0.25) is 9.79 Å². The quantitative estimate of drug-likeness (QED) is 0.731. The molecule has 0 N–H and O–H groups in total. The fourth-order valence-electron chi connectivity index (χ4n) is 3.37. The van der Waals surface area contributed by atoms with Gasteiger partial charge in [-0.2, -0.15) is 13.9 Å². The number of fused-ring (bicyclic) bond motifs is 1. The summed E-state index contributed by atoms with van der Waals surface area (Å²) in [5.74, 6) is 0.559. The molecule has 0 saturated carbocycles. The fourth-order valence-corrected chi connectivity index (χ4v) is 4.02. The molecule has 2 aliphatic heterocycles. The molecule has 2 aliphatic rings. The summed E-state index contributed by atoms with van der Waals surface area (Å²) >= 11 is 1.50. The number of amidine groups is 1. The molecule has 10 heteroatoms. The van der Waals surface area contributed by atoms with Gasteiger partial charge in [0, 0.05) is 54.0 Å². The summed E-state index contributed by atoms with van der Waals surface area (Å²) in [6, 6.07) is 0. The van der Waals surface area contributed by atoms with Crippen molar-refractivity contribution in [1.82, 2.24) is 19.7 Å². The molecule has 1 unspecified atom stereocenters. The maximum atomic E-state index is 12.9. The summed E-state index contributed by atoms with van der Waals surface area (Å²) in [5.41, 5.74) is 2.50. The lowest BCUT2D eigenvalue weighted by Gasteiger charge is -2.27. The predicted octanol–water partition coefficient (Wildman–Crippen LogP) is 2.79. The number of hydrogen-bond donors (Lipinski definition) is 0. The van der Waals surface area contributed by atoms with Gasteiger partial charge in [-0.05, 0) is 6.42 Å². The van der Waals surface area contributed by atoms with Crippen LogP contribution in [0.4, 0.5) is 8.78 Å². The molecule has 0 radical (unpaired) electrons. The summed E-state index contributed by atoms with van der Waals surface area (Å²) < 4.78 is 31.6. The summed E-state index contributed by atoms with van der Waals surface area (Å²) in [4.78, 5) is 22.2. The van der Waals surface area contributed by atoms with E-state index in [1.807, 2.05) is 5.38 Å². The number of thiazole rings is 1. The normalized spacial score (nSPS) is 19.5. The first-order valence-corrected chi connectivity index (χ1v) is 9.31. The lowest BCUT2D eigenvalue weighted by Crippen LogP contribution is -2.32. The van der Waals surface area contributed by atoms with Gasteiger partial charge >= 0.3 is 12.5 Å². The van der Waals surface area contributed by atoms with Gasteiger partial charge < -0.3 is 9.64 Å². The van der Waals surface area contributed by atoms with E-state index in [-0.39, 0.29) is 11.9 Å². The first kappa shape index (κ1) is 17.8. The van der Waals surface area contributed by atoms with Crippen molar-refractivity contribution in [3.63, 3.8) is 0 Å². The molecule has 0 aliphatic carbocycles. The monoisotopic (exact) mass is 393 g/mol. The second-order valence-corrected chi connectivity index (χ2v) is 7.27. The predicted molar refractivity (Wildman–Crippen MR) is 95.4 cm³/mol. The highest BCUT2D eigenvalue weighted by Gasteiger charge is 2.36. The van der Waals surface area contributed by atoms with Gasteiger partial charge in [0.2, 0.25) is 0 Å². The highest BCUT2D eigenvalue weighted by molar-refractivity contribution is 7.11. The van der Waals surface area contributed by atoms with Crippen LogP contribution in [-0.4, -0.2) is 51.2 Å². The second-order valence-electron chi connectivity index (χ2n) is 6.37. The van der Waals surface area contributed by atoms with Gasteiger partial charge in [0.1, 0.15) is 0 Å². The highest BCUT2D eigenvalue weighted by Crippen LogP contribution is 2.37. The van der Waals surface area contributed by atoms with Gasteiger partial charge in [-0.15, -0.1) is 11.3 Å². The Morgan fingerprint density at radius 1 is 1.48 bits per heavy atom. The lowest BCUT2D eigenvalue weighted by atomic mass is 10.0. The molecule has 2 aromatic rings. The van der Waals surface area contributed by atoms with E-state index in [0.29, 0.717) is 36.4 Å². The van der Waals surface area contributed by atoms with E-state index in [2.05, 4.69) is 20.0 Å². The minimum Gasteiger partial charge on any atom is -0.465 e. The summed E-state index contributed by atoms with van der Waals surface area (Å²) in [6.45, 7) is 0.0144. The Morgan fingerprint density at radius 2 is 2.33 bits per heavy atom. The van der Waals surface area contributed by atoms with Crippen molar-refractivity contribution in [2.75, 3.05) is 19.7 Å². The summed E-state index contributed by atoms with van der Waals surface area (Å²) in [6.07, 6.45) is 5.18. The molecule has 0 bridgehead atoms. The van der Waals surface area contributed by atoms with Crippen LogP contribution in [0.2, 0.25) is 0 Å². The zero-order valence-corrected chi connectivity index (χ0v) is 15.3. The standard InChI is InChI=1S/C17H17F2N5O2S/c1-10(25)26-9-11-4-14-13(12-5-22-24(8-12)17(18)19)6-21-15(23(14)7-11)16-20-2-3-27-16/h2-3,5,8,11,17H,4,6-7,9H2,1H3. The molecule has 0 amide bonds. The van der Waals surface area contributed by atoms with Gasteiger partial charge in [-0.25, -0.2) is 9.67 Å². The first-order valence-electron chi connectivity index (χ1n) is 8.43. The zero-order chi connectivity index (χ0) is 19.0. The Kier molecular flexibility index (Phi) is 4.73. The molecule has 4 rings (SSSR count). The lowest BCUT2D eigenvalue weighted by molar-refractivity contribution is -0.142. The fraction of sp³-hybridized carbons (Fsp3) is 0.412. The molecular formula is C17H17F2N5O2S. The molecule has 0 aromatic carbocycles. The number of carbonyl (C=O) groups is 1. The Labute approximate surface area is 158 Å². The van der Waals surface area contributed by atoms with Crippen LogP contribution in [0.15, 0.2) is 34.7 Å². The first-order chi connectivity index (χ1) is 13.0. The average Bonchev–Trinajstić information content (AvgIpc) is 3.38. The number of aliphatic imine (C=N–C) groups is 1. The number of carbonyl (C=O) groups excluding carboxylic acids is 1. The molecule has 1 saturated heterocycles. The number of allylic oxidation sites excluding steroid dienone is 1.